The average molecular weight is 262 g/mol. The number of rotatable bonds is 3. The van der Waals surface area contributed by atoms with Crippen LogP contribution in [0.2, 0.25) is 0 Å². The molecule has 1 aliphatic heterocycles. The van der Waals surface area contributed by atoms with Crippen LogP contribution in [0.5, 0.6) is 0 Å². The smallest absolute Gasteiger partial charge is 0.123 e. The number of morpholine rings is 1. The van der Waals surface area contributed by atoms with Gasteiger partial charge in [0.1, 0.15) is 5.82 Å². The van der Waals surface area contributed by atoms with Crippen molar-refractivity contribution in [3.63, 3.8) is 0 Å². The van der Waals surface area contributed by atoms with Crippen LogP contribution >= 0.6 is 0 Å². The molecule has 1 aromatic heterocycles. The van der Waals surface area contributed by atoms with Crippen LogP contribution in [0, 0.1) is 5.82 Å². The van der Waals surface area contributed by atoms with E-state index in [0.717, 1.165) is 43.7 Å². The monoisotopic (exact) mass is 262 g/mol. The molecular weight excluding hydrogens is 243 g/mol. The van der Waals surface area contributed by atoms with Gasteiger partial charge in [0, 0.05) is 30.2 Å². The van der Waals surface area contributed by atoms with E-state index in [1.54, 1.807) is 6.07 Å². The van der Waals surface area contributed by atoms with Crippen molar-refractivity contribution in [2.45, 2.75) is 19.6 Å². The number of hydrogen-bond donors (Lipinski definition) is 0. The van der Waals surface area contributed by atoms with Crippen LogP contribution in [0.25, 0.3) is 10.9 Å². The molecule has 0 spiro atoms. The molecule has 3 rings (SSSR count). The molecule has 4 heteroatoms. The molecule has 19 heavy (non-hydrogen) atoms. The highest BCUT2D eigenvalue weighted by atomic mass is 19.1. The van der Waals surface area contributed by atoms with E-state index in [9.17, 15) is 4.39 Å². The second kappa shape index (κ2) is 5.31. The zero-order valence-corrected chi connectivity index (χ0v) is 11.2. The Kier molecular flexibility index (Phi) is 3.53. The predicted molar refractivity (Wildman–Crippen MR) is 73.8 cm³/mol. The van der Waals surface area contributed by atoms with Crippen molar-refractivity contribution in [2.75, 3.05) is 26.2 Å². The number of likely N-dealkylation sites (N-methyl/N-ethyl adjacent to an activating group) is 1. The molecule has 2 aromatic rings. The lowest BCUT2D eigenvalue weighted by molar-refractivity contribution is -0.0337. The topological polar surface area (TPSA) is 17.4 Å². The van der Waals surface area contributed by atoms with Crippen LogP contribution in [0.3, 0.4) is 0 Å². The van der Waals surface area contributed by atoms with Crippen molar-refractivity contribution in [2.24, 2.45) is 0 Å². The molecule has 0 N–H and O–H groups in total. The molecule has 102 valence electrons. The van der Waals surface area contributed by atoms with E-state index in [1.165, 1.54) is 6.07 Å². The van der Waals surface area contributed by atoms with Gasteiger partial charge < -0.3 is 9.30 Å². The average Bonchev–Trinajstić information content (AvgIpc) is 2.81. The molecule has 1 saturated heterocycles. The van der Waals surface area contributed by atoms with Crippen LogP contribution in [-0.2, 0) is 11.3 Å². The molecule has 1 unspecified atom stereocenters. The van der Waals surface area contributed by atoms with E-state index in [-0.39, 0.29) is 11.9 Å². The van der Waals surface area contributed by atoms with Gasteiger partial charge in [-0.25, -0.2) is 4.39 Å². The molecule has 0 radical (unpaired) electrons. The van der Waals surface area contributed by atoms with E-state index in [4.69, 9.17) is 4.74 Å². The predicted octanol–water partition coefficient (Wildman–Crippen LogP) is 2.50. The van der Waals surface area contributed by atoms with Gasteiger partial charge in [-0.3, -0.25) is 4.90 Å². The van der Waals surface area contributed by atoms with Crippen LogP contribution in [-0.4, -0.2) is 41.8 Å². The van der Waals surface area contributed by atoms with Gasteiger partial charge in [-0.1, -0.05) is 6.92 Å². The molecule has 0 bridgehead atoms. The Balaban J connectivity index is 1.77. The first-order valence-electron chi connectivity index (χ1n) is 6.84. The third kappa shape index (κ3) is 2.65. The normalized spacial score (nSPS) is 21.1. The van der Waals surface area contributed by atoms with Crippen LogP contribution in [0.15, 0.2) is 30.5 Å². The minimum atomic E-state index is -0.184. The zero-order valence-electron chi connectivity index (χ0n) is 11.2. The summed E-state index contributed by atoms with van der Waals surface area (Å²) >= 11 is 0. The summed E-state index contributed by atoms with van der Waals surface area (Å²) in [4.78, 5) is 2.40. The van der Waals surface area contributed by atoms with Crippen molar-refractivity contribution in [1.82, 2.24) is 9.47 Å². The molecule has 0 amide bonds. The Morgan fingerprint density at radius 3 is 3.11 bits per heavy atom. The summed E-state index contributed by atoms with van der Waals surface area (Å²) < 4.78 is 21.1. The lowest BCUT2D eigenvalue weighted by Crippen LogP contribution is -2.43. The van der Waals surface area contributed by atoms with Crippen molar-refractivity contribution < 1.29 is 9.13 Å². The quantitative estimate of drug-likeness (QED) is 0.845. The highest BCUT2D eigenvalue weighted by Crippen LogP contribution is 2.18. The highest BCUT2D eigenvalue weighted by molar-refractivity contribution is 5.80. The maximum atomic E-state index is 13.2. The Labute approximate surface area is 112 Å². The Morgan fingerprint density at radius 2 is 2.26 bits per heavy atom. The van der Waals surface area contributed by atoms with Gasteiger partial charge in [-0.05, 0) is 30.8 Å². The van der Waals surface area contributed by atoms with Crippen LogP contribution < -0.4 is 0 Å². The van der Waals surface area contributed by atoms with Gasteiger partial charge >= 0.3 is 0 Å². The number of nitrogens with zero attached hydrogens (tertiary/aromatic N) is 2. The fourth-order valence-corrected chi connectivity index (χ4v) is 2.73. The molecule has 1 atom stereocenters. The van der Waals surface area contributed by atoms with Gasteiger partial charge in [0.15, 0.2) is 0 Å². The Bertz CT molecular complexity index is 566. The Morgan fingerprint density at radius 1 is 1.37 bits per heavy atom. The first-order chi connectivity index (χ1) is 9.26. The van der Waals surface area contributed by atoms with E-state index >= 15 is 0 Å². The molecule has 0 saturated carbocycles. The van der Waals surface area contributed by atoms with Gasteiger partial charge in [0.25, 0.3) is 0 Å². The summed E-state index contributed by atoms with van der Waals surface area (Å²) in [6.45, 7) is 6.85. The van der Waals surface area contributed by atoms with Crippen molar-refractivity contribution in [3.05, 3.63) is 36.3 Å². The number of fused-ring (bicyclic) bond motifs is 1. The summed E-state index contributed by atoms with van der Waals surface area (Å²) in [5.74, 6) is -0.184. The molecule has 1 aromatic carbocycles. The van der Waals surface area contributed by atoms with E-state index in [1.807, 2.05) is 18.3 Å². The first kappa shape index (κ1) is 12.6. The minimum Gasteiger partial charge on any atom is -0.374 e. The number of aromatic nitrogens is 1. The third-order valence-electron chi connectivity index (χ3n) is 3.80. The van der Waals surface area contributed by atoms with Crippen molar-refractivity contribution >= 4 is 10.9 Å². The molecule has 1 fully saturated rings. The number of hydrogen-bond acceptors (Lipinski definition) is 2. The van der Waals surface area contributed by atoms with Crippen LogP contribution in [0.1, 0.15) is 6.92 Å². The molecule has 1 aliphatic rings. The maximum absolute atomic E-state index is 13.2. The van der Waals surface area contributed by atoms with E-state index < -0.39 is 0 Å². The fourth-order valence-electron chi connectivity index (χ4n) is 2.73. The lowest BCUT2D eigenvalue weighted by Gasteiger charge is -2.32. The van der Waals surface area contributed by atoms with Crippen LogP contribution in [0.4, 0.5) is 4.39 Å². The summed E-state index contributed by atoms with van der Waals surface area (Å²) in [6, 6.07) is 6.88. The number of benzene rings is 1. The number of halogens is 1. The van der Waals surface area contributed by atoms with E-state index in [2.05, 4.69) is 16.4 Å². The van der Waals surface area contributed by atoms with Gasteiger partial charge in [-0.15, -0.1) is 0 Å². The van der Waals surface area contributed by atoms with Gasteiger partial charge in [0.2, 0.25) is 0 Å². The summed E-state index contributed by atoms with van der Waals surface area (Å²) in [6.07, 6.45) is 2.23. The number of ether oxygens (including phenoxy) is 1. The minimum absolute atomic E-state index is 0.184. The lowest BCUT2D eigenvalue weighted by atomic mass is 10.2. The highest BCUT2D eigenvalue weighted by Gasteiger charge is 2.19. The second-order valence-corrected chi connectivity index (χ2v) is 5.06. The largest absolute Gasteiger partial charge is 0.374 e. The maximum Gasteiger partial charge on any atom is 0.123 e. The molecule has 0 aliphatic carbocycles. The van der Waals surface area contributed by atoms with E-state index in [0.29, 0.717) is 0 Å². The zero-order chi connectivity index (χ0) is 13.2. The summed E-state index contributed by atoms with van der Waals surface area (Å²) in [5.41, 5.74) is 1.07. The van der Waals surface area contributed by atoms with Gasteiger partial charge in [0.05, 0.1) is 19.3 Å². The summed E-state index contributed by atoms with van der Waals surface area (Å²) in [7, 11) is 0. The fraction of sp³-hybridized carbons (Fsp3) is 0.467. The van der Waals surface area contributed by atoms with Crippen molar-refractivity contribution in [3.8, 4) is 0 Å². The third-order valence-corrected chi connectivity index (χ3v) is 3.80. The standard InChI is InChI=1S/C15H19FN2O/c1-2-17-7-8-19-14(10-17)11-18-6-5-12-9-13(16)3-4-15(12)18/h3-6,9,14H,2,7-8,10-11H2,1H3. The SMILES string of the molecule is CCN1CCOC(Cn2ccc3cc(F)ccc32)C1. The molecule has 2 heterocycles. The first-order valence-corrected chi connectivity index (χ1v) is 6.84. The molecular formula is C15H19FN2O. The Hall–Kier alpha value is -1.39. The molecule has 3 nitrogen and oxygen atoms in total. The van der Waals surface area contributed by atoms with Gasteiger partial charge in [-0.2, -0.15) is 0 Å². The summed E-state index contributed by atoms with van der Waals surface area (Å²) in [5, 5.41) is 0.947. The second-order valence-electron chi connectivity index (χ2n) is 5.06. The van der Waals surface area contributed by atoms with Crippen molar-refractivity contribution in [1.29, 1.82) is 0 Å².